The molecular weight excluding hydrogens is 392 g/mol. The van der Waals surface area contributed by atoms with Crippen LogP contribution in [0, 0.1) is 16.7 Å². The van der Waals surface area contributed by atoms with E-state index in [2.05, 4.69) is 31.4 Å². The van der Waals surface area contributed by atoms with Crippen molar-refractivity contribution in [1.29, 1.82) is 0 Å². The van der Waals surface area contributed by atoms with E-state index in [4.69, 9.17) is 4.74 Å². The number of rotatable bonds is 4. The summed E-state index contributed by atoms with van der Waals surface area (Å²) in [6.45, 7) is 7.64. The van der Waals surface area contributed by atoms with Gasteiger partial charge in [0.05, 0.1) is 6.61 Å². The third-order valence-electron chi connectivity index (χ3n) is 7.31. The fourth-order valence-electron chi connectivity index (χ4n) is 5.64. The minimum atomic E-state index is -3.93. The number of hydrogen-bond donors (Lipinski definition) is 3. The van der Waals surface area contributed by atoms with Crippen LogP contribution in [0.5, 0.6) is 5.75 Å². The van der Waals surface area contributed by atoms with E-state index in [1.54, 1.807) is 0 Å². The van der Waals surface area contributed by atoms with Gasteiger partial charge >= 0.3 is 0 Å². The van der Waals surface area contributed by atoms with Crippen molar-refractivity contribution in [2.24, 2.45) is 16.7 Å². The molecule has 0 spiro atoms. The number of ether oxygens (including phenoxy) is 1. The zero-order chi connectivity index (χ0) is 21.0. The molecule has 1 aliphatic heterocycles. The zero-order valence-corrected chi connectivity index (χ0v) is 18.0. The number of morpholine rings is 1. The highest BCUT2D eigenvalue weighted by Crippen LogP contribution is 2.62. The number of hydrogen-bond acceptors (Lipinski definition) is 6. The van der Waals surface area contributed by atoms with Crippen LogP contribution >= 0.6 is 0 Å². The van der Waals surface area contributed by atoms with E-state index >= 15 is 0 Å². The van der Waals surface area contributed by atoms with E-state index in [0.29, 0.717) is 12.5 Å². The highest BCUT2D eigenvalue weighted by atomic mass is 32.2. The van der Waals surface area contributed by atoms with Gasteiger partial charge in [-0.1, -0.05) is 20.8 Å². The topological polar surface area (TPSA) is 105 Å². The highest BCUT2D eigenvalue weighted by molar-refractivity contribution is 7.92. The maximum absolute atomic E-state index is 13.0. The molecule has 7 nitrogen and oxygen atoms in total. The van der Waals surface area contributed by atoms with Gasteiger partial charge in [-0.3, -0.25) is 4.79 Å². The van der Waals surface area contributed by atoms with E-state index in [0.717, 1.165) is 12.8 Å². The van der Waals surface area contributed by atoms with Crippen molar-refractivity contribution in [1.82, 2.24) is 10.6 Å². The molecule has 1 heterocycles. The molecule has 2 bridgehead atoms. The Morgan fingerprint density at radius 3 is 2.69 bits per heavy atom. The summed E-state index contributed by atoms with van der Waals surface area (Å²) in [4.78, 5) is 12.8. The Morgan fingerprint density at radius 2 is 2.07 bits per heavy atom. The molecular formula is C21H30N2O5S. The third kappa shape index (κ3) is 3.35. The third-order valence-corrected chi connectivity index (χ3v) is 9.25. The number of amides is 1. The first-order valence-electron chi connectivity index (χ1n) is 10.3. The first-order valence-corrected chi connectivity index (χ1v) is 11.8. The van der Waals surface area contributed by atoms with Crippen LogP contribution in [-0.4, -0.2) is 50.6 Å². The first kappa shape index (κ1) is 20.6. The molecule has 3 aliphatic rings. The fraction of sp³-hybridized carbons (Fsp3) is 0.667. The zero-order valence-electron chi connectivity index (χ0n) is 17.2. The van der Waals surface area contributed by atoms with Crippen LogP contribution in [0.3, 0.4) is 0 Å². The van der Waals surface area contributed by atoms with Gasteiger partial charge in [-0.05, 0) is 54.2 Å². The molecule has 160 valence electrons. The van der Waals surface area contributed by atoms with Crippen molar-refractivity contribution >= 4 is 15.7 Å². The van der Waals surface area contributed by atoms with Crippen molar-refractivity contribution in [3.8, 4) is 5.75 Å². The lowest BCUT2D eigenvalue weighted by molar-refractivity contribution is 0.0737. The molecule has 2 aliphatic carbocycles. The summed E-state index contributed by atoms with van der Waals surface area (Å²) in [5, 5.41) is 16.3. The van der Waals surface area contributed by atoms with Crippen LogP contribution in [0.1, 0.15) is 50.4 Å². The standard InChI is InChI=1S/C21H30N2O5S/c1-20(2)14-6-7-21(3,11-14)19(20)23-18(25)13-4-5-15(24)16(10-13)29(26,27)17-12-22-8-9-28-17/h4-5,10,14,17,19,22,24H,6-9,11-12H2,1-3H3,(H,23,25). The summed E-state index contributed by atoms with van der Waals surface area (Å²) in [6, 6.07) is 4.03. The molecule has 4 rings (SSSR count). The number of aromatic hydroxyl groups is 1. The molecule has 4 unspecified atom stereocenters. The summed E-state index contributed by atoms with van der Waals surface area (Å²) in [5.41, 5.74) is -0.788. The lowest BCUT2D eigenvalue weighted by Crippen LogP contribution is -2.52. The van der Waals surface area contributed by atoms with Crippen molar-refractivity contribution in [2.75, 3.05) is 19.7 Å². The highest BCUT2D eigenvalue weighted by Gasteiger charge is 2.59. The van der Waals surface area contributed by atoms with Gasteiger partial charge in [-0.15, -0.1) is 0 Å². The quantitative estimate of drug-likeness (QED) is 0.686. The van der Waals surface area contributed by atoms with Crippen molar-refractivity contribution < 1.29 is 23.1 Å². The molecule has 2 saturated carbocycles. The summed E-state index contributed by atoms with van der Waals surface area (Å²) < 4.78 is 31.2. The smallest absolute Gasteiger partial charge is 0.251 e. The normalized spacial score (nSPS) is 33.6. The molecule has 29 heavy (non-hydrogen) atoms. The van der Waals surface area contributed by atoms with Gasteiger partial charge in [0.25, 0.3) is 5.91 Å². The molecule has 0 aromatic heterocycles. The van der Waals surface area contributed by atoms with Crippen molar-refractivity contribution in [3.63, 3.8) is 0 Å². The molecule has 1 saturated heterocycles. The summed E-state index contributed by atoms with van der Waals surface area (Å²) in [6.07, 6.45) is 3.38. The SMILES string of the molecule is CC12CCC(C1)C(C)(C)C2NC(=O)c1ccc(O)c(S(=O)(=O)C2CNCCO2)c1. The minimum Gasteiger partial charge on any atom is -0.507 e. The molecule has 1 aromatic carbocycles. The van der Waals surface area contributed by atoms with E-state index in [9.17, 15) is 18.3 Å². The van der Waals surface area contributed by atoms with Gasteiger partial charge < -0.3 is 20.5 Å². The van der Waals surface area contributed by atoms with Gasteiger partial charge in [0.15, 0.2) is 5.44 Å². The Hall–Kier alpha value is -1.64. The first-order chi connectivity index (χ1) is 13.6. The summed E-state index contributed by atoms with van der Waals surface area (Å²) >= 11 is 0. The van der Waals surface area contributed by atoms with E-state index in [1.807, 2.05) is 0 Å². The Balaban J connectivity index is 1.60. The number of sulfone groups is 1. The van der Waals surface area contributed by atoms with Crippen molar-refractivity contribution in [2.45, 2.75) is 56.4 Å². The Labute approximate surface area is 172 Å². The lowest BCUT2D eigenvalue weighted by Gasteiger charge is -2.43. The fourth-order valence-corrected chi connectivity index (χ4v) is 7.19. The van der Waals surface area contributed by atoms with E-state index < -0.39 is 15.3 Å². The molecule has 1 aromatic rings. The number of carbonyl (C=O) groups is 1. The van der Waals surface area contributed by atoms with E-state index in [1.165, 1.54) is 24.6 Å². The Morgan fingerprint density at radius 1 is 1.31 bits per heavy atom. The Bertz CT molecular complexity index is 918. The van der Waals surface area contributed by atoms with Crippen molar-refractivity contribution in [3.05, 3.63) is 23.8 Å². The predicted molar refractivity (Wildman–Crippen MR) is 108 cm³/mol. The number of benzene rings is 1. The number of fused-ring (bicyclic) bond motifs is 2. The molecule has 3 N–H and O–H groups in total. The van der Waals surface area contributed by atoms with Crippen LogP contribution in [0.15, 0.2) is 23.1 Å². The van der Waals surface area contributed by atoms with Crippen LogP contribution in [0.2, 0.25) is 0 Å². The van der Waals surface area contributed by atoms with Crippen LogP contribution in [-0.2, 0) is 14.6 Å². The van der Waals surface area contributed by atoms with Gasteiger partial charge in [0, 0.05) is 24.7 Å². The second-order valence-electron chi connectivity index (χ2n) is 9.55. The maximum Gasteiger partial charge on any atom is 0.251 e. The maximum atomic E-state index is 13.0. The molecule has 8 heteroatoms. The Kier molecular flexibility index (Phi) is 4.95. The summed E-state index contributed by atoms with van der Waals surface area (Å²) in [7, 11) is -3.93. The number of nitrogens with one attached hydrogen (secondary N) is 2. The second-order valence-corrected chi connectivity index (χ2v) is 11.6. The molecule has 4 atom stereocenters. The van der Waals surface area contributed by atoms with Crippen LogP contribution < -0.4 is 10.6 Å². The van der Waals surface area contributed by atoms with E-state index in [-0.39, 0.29) is 52.1 Å². The monoisotopic (exact) mass is 422 g/mol. The summed E-state index contributed by atoms with van der Waals surface area (Å²) in [5.74, 6) is -0.0940. The minimum absolute atomic E-state index is 0.00388. The van der Waals surface area contributed by atoms with Crippen LogP contribution in [0.4, 0.5) is 0 Å². The molecule has 1 amide bonds. The average Bonchev–Trinajstić information content (AvgIpc) is 3.17. The number of carbonyl (C=O) groups excluding carboxylic acids is 1. The van der Waals surface area contributed by atoms with Gasteiger partial charge in [0.2, 0.25) is 9.84 Å². The molecule has 0 radical (unpaired) electrons. The number of phenols is 1. The average molecular weight is 423 g/mol. The second kappa shape index (κ2) is 6.96. The van der Waals surface area contributed by atoms with Gasteiger partial charge in [-0.2, -0.15) is 0 Å². The van der Waals surface area contributed by atoms with Gasteiger partial charge in [0.1, 0.15) is 10.6 Å². The largest absolute Gasteiger partial charge is 0.507 e. The van der Waals surface area contributed by atoms with Crippen LogP contribution in [0.25, 0.3) is 0 Å². The lowest BCUT2D eigenvalue weighted by atomic mass is 9.68. The predicted octanol–water partition coefficient (Wildman–Crippen LogP) is 2.06. The number of phenolic OH excluding ortho intramolecular Hbond substituents is 1. The molecule has 3 fully saturated rings. The van der Waals surface area contributed by atoms with Gasteiger partial charge in [-0.25, -0.2) is 8.42 Å².